The predicted molar refractivity (Wildman–Crippen MR) is 63.7 cm³/mol. The molecule has 2 heterocycles. The van der Waals surface area contributed by atoms with E-state index >= 15 is 0 Å². The van der Waals surface area contributed by atoms with Gasteiger partial charge in [-0.2, -0.15) is 13.2 Å². The number of nitrogens with zero attached hydrogens (tertiary/aromatic N) is 3. The summed E-state index contributed by atoms with van der Waals surface area (Å²) in [4.78, 5) is 9.39. The van der Waals surface area contributed by atoms with Crippen molar-refractivity contribution in [3.8, 4) is 0 Å². The molecule has 0 unspecified atom stereocenters. The predicted octanol–water partition coefficient (Wildman–Crippen LogP) is 2.09. The highest BCUT2D eigenvalue weighted by Crippen LogP contribution is 2.29. The van der Waals surface area contributed by atoms with E-state index in [9.17, 15) is 18.3 Å². The van der Waals surface area contributed by atoms with Crippen LogP contribution in [0.15, 0.2) is 12.4 Å². The van der Waals surface area contributed by atoms with Crippen molar-refractivity contribution in [3.63, 3.8) is 0 Å². The molecule has 0 aromatic carbocycles. The Balaban J connectivity index is 2.00. The van der Waals surface area contributed by atoms with Gasteiger partial charge in [0, 0.05) is 25.5 Å². The monoisotopic (exact) mass is 275 g/mol. The van der Waals surface area contributed by atoms with Crippen LogP contribution < -0.4 is 4.90 Å². The smallest absolute Gasteiger partial charge is 0.393 e. The van der Waals surface area contributed by atoms with Crippen LogP contribution in [0, 0.1) is 5.92 Å². The zero-order valence-corrected chi connectivity index (χ0v) is 10.6. The molecule has 1 N–H and O–H groups in total. The summed E-state index contributed by atoms with van der Waals surface area (Å²) in [6.07, 6.45) is -1.55. The minimum Gasteiger partial charge on any atom is -0.393 e. The molecule has 1 aromatic rings. The number of rotatable bonds is 2. The average molecular weight is 275 g/mol. The summed E-state index contributed by atoms with van der Waals surface area (Å²) in [7, 11) is 0. The number of halogens is 3. The highest BCUT2D eigenvalue weighted by molar-refractivity contribution is 5.31. The molecule has 1 aliphatic heterocycles. The van der Waals surface area contributed by atoms with Crippen molar-refractivity contribution >= 4 is 5.95 Å². The summed E-state index contributed by atoms with van der Waals surface area (Å²) < 4.78 is 37.1. The van der Waals surface area contributed by atoms with Crippen LogP contribution in [-0.2, 0) is 6.18 Å². The minimum atomic E-state index is -4.40. The maximum absolute atomic E-state index is 12.4. The molecular weight excluding hydrogens is 259 g/mol. The van der Waals surface area contributed by atoms with Gasteiger partial charge in [0.15, 0.2) is 0 Å². The lowest BCUT2D eigenvalue weighted by atomic mass is 9.92. The van der Waals surface area contributed by atoms with Crippen LogP contribution in [0.25, 0.3) is 0 Å². The van der Waals surface area contributed by atoms with Gasteiger partial charge in [-0.1, -0.05) is 0 Å². The van der Waals surface area contributed by atoms with E-state index in [-0.39, 0.29) is 12.0 Å². The second kappa shape index (κ2) is 5.32. The van der Waals surface area contributed by atoms with Crippen LogP contribution in [0.5, 0.6) is 0 Å². The molecule has 1 saturated heterocycles. The molecule has 0 aliphatic carbocycles. The first-order valence-electron chi connectivity index (χ1n) is 6.20. The second-order valence-corrected chi connectivity index (χ2v) is 4.83. The Kier molecular flexibility index (Phi) is 3.93. The fourth-order valence-electron chi connectivity index (χ4n) is 2.21. The number of aliphatic hydroxyl groups is 1. The molecule has 1 aliphatic rings. The molecule has 1 atom stereocenters. The molecule has 1 fully saturated rings. The summed E-state index contributed by atoms with van der Waals surface area (Å²) in [6, 6.07) is 0. The number of anilines is 1. The summed E-state index contributed by atoms with van der Waals surface area (Å²) >= 11 is 0. The quantitative estimate of drug-likeness (QED) is 0.898. The first kappa shape index (κ1) is 14.0. The Hall–Kier alpha value is -1.37. The van der Waals surface area contributed by atoms with Crippen LogP contribution in [-0.4, -0.2) is 34.3 Å². The van der Waals surface area contributed by atoms with Crippen LogP contribution >= 0.6 is 0 Å². The first-order valence-corrected chi connectivity index (χ1v) is 6.20. The lowest BCUT2D eigenvalue weighted by molar-refractivity contribution is -0.138. The highest BCUT2D eigenvalue weighted by Gasteiger charge is 2.32. The van der Waals surface area contributed by atoms with Gasteiger partial charge < -0.3 is 10.0 Å². The van der Waals surface area contributed by atoms with Crippen molar-refractivity contribution in [2.45, 2.75) is 32.0 Å². The first-order chi connectivity index (χ1) is 8.88. The highest BCUT2D eigenvalue weighted by atomic mass is 19.4. The van der Waals surface area contributed by atoms with E-state index in [0.717, 1.165) is 25.2 Å². The summed E-state index contributed by atoms with van der Waals surface area (Å²) in [5.74, 6) is 0.558. The largest absolute Gasteiger partial charge is 0.419 e. The Bertz CT molecular complexity index is 411. The normalized spacial score (nSPS) is 19.5. The molecule has 0 spiro atoms. The topological polar surface area (TPSA) is 49.2 Å². The van der Waals surface area contributed by atoms with Crippen molar-refractivity contribution < 1.29 is 18.3 Å². The third-order valence-electron chi connectivity index (χ3n) is 3.47. The Morgan fingerprint density at radius 1 is 1.26 bits per heavy atom. The molecule has 4 nitrogen and oxygen atoms in total. The fourth-order valence-corrected chi connectivity index (χ4v) is 2.21. The lowest BCUT2D eigenvalue weighted by Crippen LogP contribution is -2.38. The number of hydrogen-bond acceptors (Lipinski definition) is 4. The van der Waals surface area contributed by atoms with Crippen molar-refractivity contribution in [2.24, 2.45) is 5.92 Å². The van der Waals surface area contributed by atoms with Crippen molar-refractivity contribution in [2.75, 3.05) is 18.0 Å². The van der Waals surface area contributed by atoms with Gasteiger partial charge in [0.25, 0.3) is 0 Å². The van der Waals surface area contributed by atoms with Gasteiger partial charge in [-0.05, 0) is 25.7 Å². The van der Waals surface area contributed by atoms with Crippen LogP contribution in [0.4, 0.5) is 19.1 Å². The summed E-state index contributed by atoms with van der Waals surface area (Å²) in [6.45, 7) is 3.07. The Labute approximate surface area is 109 Å². The molecule has 1 aromatic heterocycles. The number of aliphatic hydroxyl groups excluding tert-OH is 1. The molecule has 0 amide bonds. The van der Waals surface area contributed by atoms with E-state index in [1.165, 1.54) is 0 Å². The second-order valence-electron chi connectivity index (χ2n) is 4.83. The minimum absolute atomic E-state index is 0.241. The molecule has 7 heteroatoms. The van der Waals surface area contributed by atoms with Crippen LogP contribution in [0.3, 0.4) is 0 Å². The average Bonchev–Trinajstić information content (AvgIpc) is 2.38. The molecule has 106 valence electrons. The van der Waals surface area contributed by atoms with Gasteiger partial charge in [0.2, 0.25) is 5.95 Å². The van der Waals surface area contributed by atoms with E-state index in [2.05, 4.69) is 9.97 Å². The van der Waals surface area contributed by atoms with E-state index < -0.39 is 11.7 Å². The fraction of sp³-hybridized carbons (Fsp3) is 0.667. The zero-order chi connectivity index (χ0) is 14.0. The van der Waals surface area contributed by atoms with Crippen molar-refractivity contribution in [1.82, 2.24) is 9.97 Å². The number of hydrogen-bond donors (Lipinski definition) is 1. The third-order valence-corrected chi connectivity index (χ3v) is 3.47. The van der Waals surface area contributed by atoms with Gasteiger partial charge in [-0.25, -0.2) is 9.97 Å². The van der Waals surface area contributed by atoms with Gasteiger partial charge in [0.1, 0.15) is 0 Å². The van der Waals surface area contributed by atoms with Gasteiger partial charge in [0.05, 0.1) is 11.7 Å². The van der Waals surface area contributed by atoms with Gasteiger partial charge in [-0.15, -0.1) is 0 Å². The zero-order valence-electron chi connectivity index (χ0n) is 10.6. The van der Waals surface area contributed by atoms with Gasteiger partial charge in [-0.3, -0.25) is 0 Å². The summed E-state index contributed by atoms with van der Waals surface area (Å²) in [5.41, 5.74) is -0.838. The van der Waals surface area contributed by atoms with E-state index in [0.29, 0.717) is 19.0 Å². The number of aromatic nitrogens is 2. The maximum atomic E-state index is 12.4. The van der Waals surface area contributed by atoms with Crippen LogP contribution in [0.2, 0.25) is 0 Å². The lowest BCUT2D eigenvalue weighted by Gasteiger charge is -2.33. The molecule has 0 radical (unpaired) electrons. The molecule has 2 rings (SSSR count). The summed E-state index contributed by atoms with van der Waals surface area (Å²) in [5, 5.41) is 9.49. The third kappa shape index (κ3) is 3.34. The van der Waals surface area contributed by atoms with Crippen molar-refractivity contribution in [3.05, 3.63) is 18.0 Å². The van der Waals surface area contributed by atoms with Crippen molar-refractivity contribution in [1.29, 1.82) is 0 Å². The Morgan fingerprint density at radius 3 is 2.21 bits per heavy atom. The molecular formula is C12H16F3N3O. The van der Waals surface area contributed by atoms with Crippen LogP contribution in [0.1, 0.15) is 25.3 Å². The molecule has 19 heavy (non-hydrogen) atoms. The SMILES string of the molecule is C[C@H](O)C1CCN(c2ncc(C(F)(F)F)cn2)CC1. The standard InChI is InChI=1S/C12H16F3N3O/c1-8(19)9-2-4-18(5-3-9)11-16-6-10(7-17-11)12(13,14)15/h6-9,19H,2-5H2,1H3/t8-/m0/s1. The number of piperidine rings is 1. The van der Waals surface area contributed by atoms with E-state index in [4.69, 9.17) is 0 Å². The molecule has 0 saturated carbocycles. The number of alkyl halides is 3. The molecule has 0 bridgehead atoms. The van der Waals surface area contributed by atoms with Gasteiger partial charge >= 0.3 is 6.18 Å². The Morgan fingerprint density at radius 2 is 1.79 bits per heavy atom. The maximum Gasteiger partial charge on any atom is 0.419 e. The van der Waals surface area contributed by atoms with E-state index in [1.807, 2.05) is 4.90 Å². The van der Waals surface area contributed by atoms with E-state index in [1.54, 1.807) is 6.92 Å².